The number of amides is 1. The second kappa shape index (κ2) is 6.13. The standard InChI is InChI=1S/C15H14N2O4S2/c1-21-11-4-2-3-10(7-11)17-23(19,20)12-5-6-14-13(8-12)16-15(18)9-22-14/h2-8,17H,9H2,1H3,(H,16,18). The van der Waals surface area contributed by atoms with Gasteiger partial charge in [0.15, 0.2) is 0 Å². The zero-order valence-electron chi connectivity index (χ0n) is 12.2. The van der Waals surface area contributed by atoms with E-state index in [0.29, 0.717) is 22.9 Å². The van der Waals surface area contributed by atoms with Gasteiger partial charge in [-0.25, -0.2) is 8.42 Å². The van der Waals surface area contributed by atoms with Crippen LogP contribution in [0.4, 0.5) is 11.4 Å². The van der Waals surface area contributed by atoms with Crippen LogP contribution in [0.2, 0.25) is 0 Å². The van der Waals surface area contributed by atoms with Crippen LogP contribution in [0.25, 0.3) is 0 Å². The minimum atomic E-state index is -3.76. The first-order chi connectivity index (χ1) is 11.0. The van der Waals surface area contributed by atoms with E-state index in [9.17, 15) is 13.2 Å². The topological polar surface area (TPSA) is 84.5 Å². The van der Waals surface area contributed by atoms with E-state index in [2.05, 4.69) is 10.0 Å². The number of methoxy groups -OCH3 is 1. The van der Waals surface area contributed by atoms with Crippen molar-refractivity contribution in [1.82, 2.24) is 0 Å². The normalized spacial score (nSPS) is 13.9. The van der Waals surface area contributed by atoms with E-state index in [-0.39, 0.29) is 10.8 Å². The Morgan fingerprint density at radius 3 is 2.83 bits per heavy atom. The molecule has 8 heteroatoms. The number of carbonyl (C=O) groups is 1. The maximum absolute atomic E-state index is 12.5. The summed E-state index contributed by atoms with van der Waals surface area (Å²) in [5.74, 6) is 0.748. The number of thioether (sulfide) groups is 1. The summed E-state index contributed by atoms with van der Waals surface area (Å²) in [5, 5.41) is 2.68. The van der Waals surface area contributed by atoms with Crippen LogP contribution in [-0.4, -0.2) is 27.2 Å². The molecule has 1 aliphatic rings. The van der Waals surface area contributed by atoms with Crippen molar-refractivity contribution in [3.63, 3.8) is 0 Å². The number of hydrogen-bond acceptors (Lipinski definition) is 5. The van der Waals surface area contributed by atoms with Crippen molar-refractivity contribution in [2.24, 2.45) is 0 Å². The summed E-state index contributed by atoms with van der Waals surface area (Å²) in [4.78, 5) is 12.4. The highest BCUT2D eigenvalue weighted by atomic mass is 32.2. The smallest absolute Gasteiger partial charge is 0.261 e. The predicted molar refractivity (Wildman–Crippen MR) is 89.6 cm³/mol. The molecule has 0 bridgehead atoms. The lowest BCUT2D eigenvalue weighted by Gasteiger charge is -2.17. The van der Waals surface area contributed by atoms with Gasteiger partial charge in [-0.3, -0.25) is 9.52 Å². The molecule has 6 nitrogen and oxygen atoms in total. The first kappa shape index (κ1) is 15.7. The number of carbonyl (C=O) groups excluding carboxylic acids is 1. The minimum Gasteiger partial charge on any atom is -0.497 e. The van der Waals surface area contributed by atoms with E-state index in [1.165, 1.54) is 31.0 Å². The van der Waals surface area contributed by atoms with Gasteiger partial charge in [-0.15, -0.1) is 11.8 Å². The fourth-order valence-electron chi connectivity index (χ4n) is 2.13. The second-order valence-electron chi connectivity index (χ2n) is 4.83. The highest BCUT2D eigenvalue weighted by molar-refractivity contribution is 8.00. The highest BCUT2D eigenvalue weighted by Gasteiger charge is 2.20. The molecule has 0 spiro atoms. The van der Waals surface area contributed by atoms with Gasteiger partial charge >= 0.3 is 0 Å². The Kier molecular flexibility index (Phi) is 4.18. The molecule has 1 amide bonds. The molecule has 120 valence electrons. The highest BCUT2D eigenvalue weighted by Crippen LogP contribution is 2.33. The number of fused-ring (bicyclic) bond motifs is 1. The average Bonchev–Trinajstić information content (AvgIpc) is 2.54. The van der Waals surface area contributed by atoms with Gasteiger partial charge in [0, 0.05) is 11.0 Å². The third-order valence-corrected chi connectivity index (χ3v) is 5.67. The summed E-state index contributed by atoms with van der Waals surface area (Å²) in [6.07, 6.45) is 0. The molecule has 23 heavy (non-hydrogen) atoms. The van der Waals surface area contributed by atoms with Crippen LogP contribution in [0.1, 0.15) is 0 Å². The first-order valence-corrected chi connectivity index (χ1v) is 9.18. The van der Waals surface area contributed by atoms with Gasteiger partial charge in [0.2, 0.25) is 5.91 Å². The average molecular weight is 350 g/mol. The lowest BCUT2D eigenvalue weighted by atomic mass is 10.3. The molecule has 0 fully saturated rings. The maximum Gasteiger partial charge on any atom is 0.261 e. The molecule has 0 atom stereocenters. The predicted octanol–water partition coefficient (Wildman–Crippen LogP) is 2.54. The second-order valence-corrected chi connectivity index (χ2v) is 7.53. The third kappa shape index (κ3) is 3.43. The number of benzene rings is 2. The Hall–Kier alpha value is -2.19. The number of ether oxygens (including phenoxy) is 1. The van der Waals surface area contributed by atoms with E-state index >= 15 is 0 Å². The number of sulfonamides is 1. The molecular weight excluding hydrogens is 336 g/mol. The fraction of sp³-hybridized carbons (Fsp3) is 0.133. The van der Waals surface area contributed by atoms with Gasteiger partial charge < -0.3 is 10.1 Å². The molecule has 0 radical (unpaired) electrons. The van der Waals surface area contributed by atoms with Gasteiger partial charge in [0.05, 0.1) is 29.1 Å². The molecule has 0 aromatic heterocycles. The first-order valence-electron chi connectivity index (χ1n) is 6.71. The largest absolute Gasteiger partial charge is 0.497 e. The SMILES string of the molecule is COc1cccc(NS(=O)(=O)c2ccc3c(c2)NC(=O)CS3)c1. The van der Waals surface area contributed by atoms with Gasteiger partial charge in [-0.05, 0) is 30.3 Å². The quantitative estimate of drug-likeness (QED) is 0.885. The van der Waals surface area contributed by atoms with Crippen LogP contribution in [0.15, 0.2) is 52.3 Å². The third-order valence-electron chi connectivity index (χ3n) is 3.22. The molecule has 3 rings (SSSR count). The van der Waals surface area contributed by atoms with Gasteiger partial charge in [0.1, 0.15) is 5.75 Å². The Morgan fingerprint density at radius 1 is 1.22 bits per heavy atom. The molecule has 1 heterocycles. The Morgan fingerprint density at radius 2 is 2.04 bits per heavy atom. The Bertz CT molecular complexity index is 866. The van der Waals surface area contributed by atoms with E-state index in [4.69, 9.17) is 4.74 Å². The van der Waals surface area contributed by atoms with Crippen molar-refractivity contribution in [1.29, 1.82) is 0 Å². The summed E-state index contributed by atoms with van der Waals surface area (Å²) in [6, 6.07) is 11.3. The summed E-state index contributed by atoms with van der Waals surface area (Å²) in [5.41, 5.74) is 0.917. The van der Waals surface area contributed by atoms with Crippen LogP contribution in [0.5, 0.6) is 5.75 Å². The number of hydrogen-bond donors (Lipinski definition) is 2. The summed E-state index contributed by atoms with van der Waals surface area (Å²) in [6.45, 7) is 0. The zero-order chi connectivity index (χ0) is 16.4. The summed E-state index contributed by atoms with van der Waals surface area (Å²) >= 11 is 1.38. The van der Waals surface area contributed by atoms with Crippen molar-refractivity contribution in [3.8, 4) is 5.75 Å². The number of anilines is 2. The molecule has 0 saturated heterocycles. The molecule has 0 saturated carbocycles. The molecule has 2 N–H and O–H groups in total. The Balaban J connectivity index is 1.90. The van der Waals surface area contributed by atoms with Crippen LogP contribution < -0.4 is 14.8 Å². The van der Waals surface area contributed by atoms with Crippen molar-refractivity contribution < 1.29 is 17.9 Å². The molecule has 0 aliphatic carbocycles. The summed E-state index contributed by atoms with van der Waals surface area (Å²) < 4.78 is 32.6. The molecule has 2 aromatic carbocycles. The van der Waals surface area contributed by atoms with Crippen LogP contribution in [0, 0.1) is 0 Å². The molecule has 2 aromatic rings. The zero-order valence-corrected chi connectivity index (χ0v) is 13.8. The molecular formula is C15H14N2O4S2. The van der Waals surface area contributed by atoms with E-state index in [1.54, 1.807) is 30.3 Å². The van der Waals surface area contributed by atoms with Crippen molar-refractivity contribution in [3.05, 3.63) is 42.5 Å². The maximum atomic E-state index is 12.5. The van der Waals surface area contributed by atoms with E-state index in [0.717, 1.165) is 4.90 Å². The van der Waals surface area contributed by atoms with Crippen LogP contribution >= 0.6 is 11.8 Å². The molecule has 1 aliphatic heterocycles. The van der Waals surface area contributed by atoms with Gasteiger partial charge in [-0.1, -0.05) is 6.07 Å². The van der Waals surface area contributed by atoms with Gasteiger partial charge in [0.25, 0.3) is 10.0 Å². The monoisotopic (exact) mass is 350 g/mol. The lowest BCUT2D eigenvalue weighted by Crippen LogP contribution is -2.20. The van der Waals surface area contributed by atoms with Crippen molar-refractivity contribution >= 4 is 39.1 Å². The summed E-state index contributed by atoms with van der Waals surface area (Å²) in [7, 11) is -2.24. The minimum absolute atomic E-state index is 0.0851. The van der Waals surface area contributed by atoms with Crippen LogP contribution in [0.3, 0.4) is 0 Å². The number of nitrogens with one attached hydrogen (secondary N) is 2. The molecule has 0 unspecified atom stereocenters. The van der Waals surface area contributed by atoms with Gasteiger partial charge in [-0.2, -0.15) is 0 Å². The lowest BCUT2D eigenvalue weighted by molar-refractivity contribution is -0.113. The number of rotatable bonds is 4. The van der Waals surface area contributed by atoms with E-state index < -0.39 is 10.0 Å². The fourth-order valence-corrected chi connectivity index (χ4v) is 3.99. The Labute approximate surface area is 138 Å². The van der Waals surface area contributed by atoms with Crippen LogP contribution in [-0.2, 0) is 14.8 Å². The van der Waals surface area contributed by atoms with Crippen molar-refractivity contribution in [2.75, 3.05) is 22.9 Å². The van der Waals surface area contributed by atoms with Crippen molar-refractivity contribution in [2.45, 2.75) is 9.79 Å². The van der Waals surface area contributed by atoms with E-state index in [1.807, 2.05) is 0 Å².